The highest BCUT2D eigenvalue weighted by Gasteiger charge is 2.21. The number of benzene rings is 1. The van der Waals surface area contributed by atoms with Crippen LogP contribution >= 0.6 is 46.7 Å². The van der Waals surface area contributed by atoms with Crippen LogP contribution in [0.3, 0.4) is 0 Å². The summed E-state index contributed by atoms with van der Waals surface area (Å²) in [7, 11) is 1.80. The molecular weight excluding hydrogens is 487 g/mol. The predicted octanol–water partition coefficient (Wildman–Crippen LogP) is 5.13. The average Bonchev–Trinajstić information content (AvgIpc) is 3.35. The molecule has 0 aliphatic carbocycles. The molecule has 27 heavy (non-hydrogen) atoms. The molecule has 4 nitrogen and oxygen atoms in total. The molecule has 7 heteroatoms. The zero-order valence-corrected chi connectivity index (χ0v) is 19.7. The van der Waals surface area contributed by atoms with Crippen molar-refractivity contribution in [1.82, 2.24) is 15.6 Å². The van der Waals surface area contributed by atoms with E-state index >= 15 is 0 Å². The molecule has 0 fully saturated rings. The Bertz CT molecular complexity index is 842. The van der Waals surface area contributed by atoms with Gasteiger partial charge in [-0.15, -0.1) is 46.7 Å². The molecule has 0 unspecified atom stereocenters. The first-order valence-electron chi connectivity index (χ1n) is 8.57. The number of guanidine groups is 1. The Morgan fingerprint density at radius 3 is 2.52 bits per heavy atom. The fourth-order valence-corrected chi connectivity index (χ4v) is 4.16. The van der Waals surface area contributed by atoms with E-state index < -0.39 is 0 Å². The number of aromatic nitrogens is 1. The van der Waals surface area contributed by atoms with Crippen LogP contribution in [0.2, 0.25) is 0 Å². The van der Waals surface area contributed by atoms with Gasteiger partial charge in [-0.1, -0.05) is 50.2 Å². The molecule has 0 radical (unpaired) electrons. The van der Waals surface area contributed by atoms with Gasteiger partial charge in [-0.2, -0.15) is 0 Å². The van der Waals surface area contributed by atoms with Crippen molar-refractivity contribution in [2.75, 3.05) is 13.6 Å². The molecule has 0 aliphatic rings. The Morgan fingerprint density at radius 1 is 1.07 bits per heavy atom. The number of hydrogen-bond donors (Lipinski definition) is 2. The number of nitrogens with zero attached hydrogens (tertiary/aromatic N) is 2. The van der Waals surface area contributed by atoms with Crippen LogP contribution in [0.25, 0.3) is 11.3 Å². The lowest BCUT2D eigenvalue weighted by Gasteiger charge is -2.24. The molecule has 144 valence electrons. The maximum absolute atomic E-state index is 4.71. The minimum absolute atomic E-state index is 0. The second-order valence-corrected chi connectivity index (χ2v) is 8.52. The van der Waals surface area contributed by atoms with E-state index in [0.717, 1.165) is 28.8 Å². The molecule has 0 spiro atoms. The lowest BCUT2D eigenvalue weighted by molar-refractivity contribution is 0.518. The Balaban J connectivity index is 0.00000261. The van der Waals surface area contributed by atoms with Crippen LogP contribution in [-0.4, -0.2) is 24.5 Å². The fourth-order valence-electron chi connectivity index (χ4n) is 2.57. The molecule has 3 rings (SSSR count). The van der Waals surface area contributed by atoms with E-state index in [9.17, 15) is 0 Å². The Kier molecular flexibility index (Phi) is 8.25. The Labute approximate surface area is 186 Å². The van der Waals surface area contributed by atoms with E-state index in [0.29, 0.717) is 6.54 Å². The van der Waals surface area contributed by atoms with Gasteiger partial charge in [0.05, 0.1) is 12.2 Å². The van der Waals surface area contributed by atoms with Gasteiger partial charge in [-0.3, -0.25) is 4.99 Å². The average molecular weight is 512 g/mol. The van der Waals surface area contributed by atoms with Gasteiger partial charge in [0, 0.05) is 34.8 Å². The summed E-state index contributed by atoms with van der Waals surface area (Å²) in [5.74, 6) is 0.797. The number of aliphatic imine (C=N–C) groups is 1. The van der Waals surface area contributed by atoms with E-state index in [1.807, 2.05) is 18.2 Å². The minimum Gasteiger partial charge on any atom is -0.356 e. The zero-order chi connectivity index (χ0) is 18.4. The summed E-state index contributed by atoms with van der Waals surface area (Å²) in [6.45, 7) is 5.97. The third kappa shape index (κ3) is 6.02. The lowest BCUT2D eigenvalue weighted by Crippen LogP contribution is -2.42. The molecule has 3 aromatic rings. The van der Waals surface area contributed by atoms with Gasteiger partial charge in [-0.25, -0.2) is 4.98 Å². The molecule has 1 aromatic carbocycles. The van der Waals surface area contributed by atoms with Crippen LogP contribution in [0.15, 0.2) is 58.2 Å². The fraction of sp³-hybridized carbons (Fsp3) is 0.300. The topological polar surface area (TPSA) is 49.3 Å². The van der Waals surface area contributed by atoms with Crippen LogP contribution < -0.4 is 10.6 Å². The molecule has 2 heterocycles. The number of thiophene rings is 1. The monoisotopic (exact) mass is 512 g/mol. The molecule has 0 bridgehead atoms. The van der Waals surface area contributed by atoms with Gasteiger partial charge < -0.3 is 10.6 Å². The second kappa shape index (κ2) is 10.2. The quantitative estimate of drug-likeness (QED) is 0.274. The first-order chi connectivity index (χ1) is 12.6. The van der Waals surface area contributed by atoms with E-state index in [-0.39, 0.29) is 29.4 Å². The first kappa shape index (κ1) is 21.8. The van der Waals surface area contributed by atoms with Crippen LogP contribution in [-0.2, 0) is 12.0 Å². The van der Waals surface area contributed by atoms with E-state index in [1.54, 1.807) is 29.7 Å². The number of thiazole rings is 1. The van der Waals surface area contributed by atoms with E-state index in [4.69, 9.17) is 4.98 Å². The van der Waals surface area contributed by atoms with Crippen molar-refractivity contribution in [1.29, 1.82) is 0 Å². The van der Waals surface area contributed by atoms with Gasteiger partial charge in [-0.05, 0) is 11.4 Å². The molecule has 0 saturated carbocycles. The summed E-state index contributed by atoms with van der Waals surface area (Å²) in [6, 6.07) is 14.5. The number of halogens is 1. The molecule has 0 saturated heterocycles. The molecule has 0 aliphatic heterocycles. The van der Waals surface area contributed by atoms with Crippen molar-refractivity contribution in [3.8, 4) is 11.3 Å². The highest BCUT2D eigenvalue weighted by Crippen LogP contribution is 2.26. The number of hydrogen-bond acceptors (Lipinski definition) is 4. The van der Waals surface area contributed by atoms with Crippen LogP contribution in [0.1, 0.15) is 23.7 Å². The van der Waals surface area contributed by atoms with Crippen LogP contribution in [0.5, 0.6) is 0 Å². The SMILES string of the molecule is CN=C(NCc1nc(-c2ccccc2)cs1)NCC(C)(C)c1cccs1.I. The van der Waals surface area contributed by atoms with E-state index in [1.165, 1.54) is 4.88 Å². The molecule has 0 amide bonds. The summed E-state index contributed by atoms with van der Waals surface area (Å²) < 4.78 is 0. The highest BCUT2D eigenvalue weighted by molar-refractivity contribution is 14.0. The normalized spacial score (nSPS) is 11.7. The van der Waals surface area contributed by atoms with Crippen LogP contribution in [0, 0.1) is 0 Å². The summed E-state index contributed by atoms with van der Waals surface area (Å²) in [4.78, 5) is 10.4. The van der Waals surface area contributed by atoms with Crippen molar-refractivity contribution in [2.24, 2.45) is 4.99 Å². The molecule has 2 aromatic heterocycles. The summed E-state index contributed by atoms with van der Waals surface area (Å²) in [5, 5.41) is 12.1. The molecular formula is C20H25IN4S2. The third-order valence-electron chi connectivity index (χ3n) is 4.14. The smallest absolute Gasteiger partial charge is 0.191 e. The summed E-state index contributed by atoms with van der Waals surface area (Å²) >= 11 is 3.46. The molecule has 2 N–H and O–H groups in total. The number of nitrogens with one attached hydrogen (secondary N) is 2. The van der Waals surface area contributed by atoms with Gasteiger partial charge >= 0.3 is 0 Å². The van der Waals surface area contributed by atoms with Crippen molar-refractivity contribution in [3.05, 3.63) is 63.1 Å². The Hall–Kier alpha value is -1.45. The summed E-state index contributed by atoms with van der Waals surface area (Å²) in [5.41, 5.74) is 2.23. The van der Waals surface area contributed by atoms with Crippen molar-refractivity contribution in [2.45, 2.75) is 25.8 Å². The van der Waals surface area contributed by atoms with Crippen molar-refractivity contribution >= 4 is 52.6 Å². The standard InChI is InChI=1S/C20H24N4S2.HI/c1-20(2,17-10-7-11-25-17)14-23-19(21-3)22-12-18-24-16(13-26-18)15-8-5-4-6-9-15;/h4-11,13H,12,14H2,1-3H3,(H2,21,22,23);1H. The maximum Gasteiger partial charge on any atom is 0.191 e. The molecule has 0 atom stereocenters. The summed E-state index contributed by atoms with van der Waals surface area (Å²) in [6.07, 6.45) is 0. The van der Waals surface area contributed by atoms with Gasteiger partial charge in [0.2, 0.25) is 0 Å². The second-order valence-electron chi connectivity index (χ2n) is 6.63. The van der Waals surface area contributed by atoms with Gasteiger partial charge in [0.25, 0.3) is 0 Å². The number of rotatable bonds is 6. The highest BCUT2D eigenvalue weighted by atomic mass is 127. The van der Waals surface area contributed by atoms with E-state index in [2.05, 4.69) is 64.5 Å². The maximum atomic E-state index is 4.71. The van der Waals surface area contributed by atoms with Gasteiger partial charge in [0.1, 0.15) is 5.01 Å². The Morgan fingerprint density at radius 2 is 1.85 bits per heavy atom. The van der Waals surface area contributed by atoms with Crippen molar-refractivity contribution < 1.29 is 0 Å². The lowest BCUT2D eigenvalue weighted by atomic mass is 9.91. The van der Waals surface area contributed by atoms with Gasteiger partial charge in [0.15, 0.2) is 5.96 Å². The zero-order valence-electron chi connectivity index (χ0n) is 15.7. The van der Waals surface area contributed by atoms with Crippen molar-refractivity contribution in [3.63, 3.8) is 0 Å². The first-order valence-corrected chi connectivity index (χ1v) is 10.3. The third-order valence-corrected chi connectivity index (χ3v) is 6.22. The largest absolute Gasteiger partial charge is 0.356 e. The predicted molar refractivity (Wildman–Crippen MR) is 129 cm³/mol. The van der Waals surface area contributed by atoms with Crippen LogP contribution in [0.4, 0.5) is 0 Å². The minimum atomic E-state index is 0.